The van der Waals surface area contributed by atoms with E-state index >= 15 is 0 Å². The fraction of sp³-hybridized carbons (Fsp3) is 0.520. The molecule has 3 rings (SSSR count). The molecule has 32 heavy (non-hydrogen) atoms. The number of hydrogen-bond acceptors (Lipinski definition) is 4. The van der Waals surface area contributed by atoms with E-state index in [1.165, 1.54) is 0 Å². The van der Waals surface area contributed by atoms with Gasteiger partial charge in [0.05, 0.1) is 12.9 Å². The van der Waals surface area contributed by atoms with Crippen molar-refractivity contribution in [3.05, 3.63) is 59.7 Å². The molecule has 1 atom stereocenters. The van der Waals surface area contributed by atoms with E-state index in [1.54, 1.807) is 12.5 Å². The first-order valence-corrected chi connectivity index (χ1v) is 11.8. The predicted molar refractivity (Wildman–Crippen MR) is 128 cm³/mol. The summed E-state index contributed by atoms with van der Waals surface area (Å²) in [6.45, 7) is 9.11. The average Bonchev–Trinajstić information content (AvgIpc) is 3.37. The van der Waals surface area contributed by atoms with Gasteiger partial charge < -0.3 is 4.57 Å². The van der Waals surface area contributed by atoms with Crippen LogP contribution in [0.2, 0.25) is 5.02 Å². The first-order valence-electron chi connectivity index (χ1n) is 11.4. The lowest BCUT2D eigenvalue weighted by Crippen LogP contribution is -2.14. The third-order valence-corrected chi connectivity index (χ3v) is 5.71. The molecule has 0 radical (unpaired) electrons. The fourth-order valence-electron chi connectivity index (χ4n) is 4.09. The Balaban J connectivity index is 1.84. The average molecular weight is 456 g/mol. The van der Waals surface area contributed by atoms with Gasteiger partial charge in [0.2, 0.25) is 0 Å². The van der Waals surface area contributed by atoms with Crippen molar-refractivity contribution in [1.82, 2.24) is 24.3 Å². The standard InChI is InChI=1S/C25H34ClN5O/c1-5-7-19(8-6-9-22(32)16-25(2,3)4)24-29-28-23(17-30-15-14-27-18-30)31(24)21-12-10-20(26)11-13-21/h10-15,18-19H,5-9,16-17H2,1-4H3. The van der Waals surface area contributed by atoms with Gasteiger partial charge in [-0.05, 0) is 48.9 Å². The van der Waals surface area contributed by atoms with Crippen LogP contribution in [-0.2, 0) is 11.3 Å². The molecule has 0 aliphatic heterocycles. The van der Waals surface area contributed by atoms with Crippen LogP contribution in [0.15, 0.2) is 43.0 Å². The van der Waals surface area contributed by atoms with Gasteiger partial charge in [-0.1, -0.05) is 45.7 Å². The zero-order valence-corrected chi connectivity index (χ0v) is 20.3. The minimum absolute atomic E-state index is 0.0386. The monoisotopic (exact) mass is 455 g/mol. The molecule has 0 spiro atoms. The van der Waals surface area contributed by atoms with Crippen LogP contribution in [0.4, 0.5) is 0 Å². The summed E-state index contributed by atoms with van der Waals surface area (Å²) in [5.74, 6) is 2.38. The summed E-state index contributed by atoms with van der Waals surface area (Å²) in [6, 6.07) is 7.79. The number of aromatic nitrogens is 5. The second-order valence-electron chi connectivity index (χ2n) is 9.68. The van der Waals surface area contributed by atoms with Crippen LogP contribution in [0.1, 0.15) is 83.8 Å². The highest BCUT2D eigenvalue weighted by atomic mass is 35.5. The van der Waals surface area contributed by atoms with Gasteiger partial charge in [-0.2, -0.15) is 0 Å². The topological polar surface area (TPSA) is 65.6 Å². The van der Waals surface area contributed by atoms with E-state index < -0.39 is 0 Å². The molecule has 7 heteroatoms. The summed E-state index contributed by atoms with van der Waals surface area (Å²) in [6.07, 6.45) is 10.5. The largest absolute Gasteiger partial charge is 0.330 e. The molecule has 0 bridgehead atoms. The normalized spacial score (nSPS) is 12.8. The molecule has 3 aromatic rings. The Labute approximate surface area is 196 Å². The number of ketones is 1. The molecular formula is C25H34ClN5O. The molecule has 1 aromatic carbocycles. The van der Waals surface area contributed by atoms with E-state index in [0.717, 1.165) is 43.0 Å². The number of benzene rings is 1. The lowest BCUT2D eigenvalue weighted by Gasteiger charge is -2.19. The Bertz CT molecular complexity index is 987. The zero-order valence-electron chi connectivity index (χ0n) is 19.6. The highest BCUT2D eigenvalue weighted by Gasteiger charge is 2.23. The lowest BCUT2D eigenvalue weighted by molar-refractivity contribution is -0.120. The van der Waals surface area contributed by atoms with Crippen molar-refractivity contribution < 1.29 is 4.79 Å². The Morgan fingerprint density at radius 1 is 1.12 bits per heavy atom. The molecule has 0 saturated carbocycles. The van der Waals surface area contributed by atoms with Gasteiger partial charge in [0.25, 0.3) is 0 Å². The van der Waals surface area contributed by atoms with Crippen LogP contribution in [0.3, 0.4) is 0 Å². The summed E-state index contributed by atoms with van der Waals surface area (Å²) in [4.78, 5) is 16.5. The summed E-state index contributed by atoms with van der Waals surface area (Å²) < 4.78 is 4.13. The lowest BCUT2D eigenvalue weighted by atomic mass is 9.87. The number of imidazole rings is 1. The van der Waals surface area contributed by atoms with Crippen LogP contribution >= 0.6 is 11.6 Å². The van der Waals surface area contributed by atoms with Crippen molar-refractivity contribution in [3.63, 3.8) is 0 Å². The maximum atomic E-state index is 12.4. The highest BCUT2D eigenvalue weighted by Crippen LogP contribution is 2.30. The maximum absolute atomic E-state index is 12.4. The van der Waals surface area contributed by atoms with Crippen molar-refractivity contribution in [2.45, 2.75) is 78.7 Å². The van der Waals surface area contributed by atoms with E-state index in [9.17, 15) is 4.79 Å². The second-order valence-corrected chi connectivity index (χ2v) is 10.1. The molecule has 6 nitrogen and oxygen atoms in total. The number of nitrogens with zero attached hydrogens (tertiary/aromatic N) is 5. The van der Waals surface area contributed by atoms with E-state index in [2.05, 4.69) is 47.4 Å². The van der Waals surface area contributed by atoms with Crippen molar-refractivity contribution >= 4 is 17.4 Å². The number of hydrogen-bond donors (Lipinski definition) is 0. The van der Waals surface area contributed by atoms with Gasteiger partial charge in [-0.25, -0.2) is 4.98 Å². The van der Waals surface area contributed by atoms with Crippen LogP contribution in [0.5, 0.6) is 0 Å². The molecule has 0 N–H and O–H groups in total. The van der Waals surface area contributed by atoms with Gasteiger partial charge >= 0.3 is 0 Å². The first kappa shape index (κ1) is 24.2. The molecule has 2 heterocycles. The first-order chi connectivity index (χ1) is 15.3. The number of carbonyl (C=O) groups excluding carboxylic acids is 1. The zero-order chi connectivity index (χ0) is 23.1. The van der Waals surface area contributed by atoms with Crippen molar-refractivity contribution in [1.29, 1.82) is 0 Å². The summed E-state index contributed by atoms with van der Waals surface area (Å²) in [5, 5.41) is 9.88. The van der Waals surface area contributed by atoms with Crippen LogP contribution < -0.4 is 0 Å². The minimum atomic E-state index is 0.0386. The summed E-state index contributed by atoms with van der Waals surface area (Å²) >= 11 is 6.14. The van der Waals surface area contributed by atoms with Gasteiger partial charge in [-0.15, -0.1) is 10.2 Å². The van der Waals surface area contributed by atoms with Crippen molar-refractivity contribution in [3.8, 4) is 5.69 Å². The van der Waals surface area contributed by atoms with Crippen molar-refractivity contribution in [2.75, 3.05) is 0 Å². The molecule has 0 aliphatic carbocycles. The van der Waals surface area contributed by atoms with E-state index in [1.807, 2.05) is 35.0 Å². The van der Waals surface area contributed by atoms with Crippen LogP contribution in [-0.4, -0.2) is 30.1 Å². The van der Waals surface area contributed by atoms with Gasteiger partial charge in [-0.3, -0.25) is 9.36 Å². The number of Topliss-reactive ketones (excluding diaryl/α,β-unsaturated/α-hetero) is 1. The van der Waals surface area contributed by atoms with Crippen LogP contribution in [0, 0.1) is 5.41 Å². The molecule has 1 unspecified atom stereocenters. The maximum Gasteiger partial charge on any atom is 0.157 e. The molecule has 0 amide bonds. The molecular weight excluding hydrogens is 422 g/mol. The Kier molecular flexibility index (Phi) is 8.24. The SMILES string of the molecule is CCCC(CCCC(=O)CC(C)(C)C)c1nnc(Cn2ccnc2)n1-c1ccc(Cl)cc1. The van der Waals surface area contributed by atoms with Gasteiger partial charge in [0.15, 0.2) is 5.82 Å². The smallest absolute Gasteiger partial charge is 0.157 e. The third kappa shape index (κ3) is 6.76. The van der Waals surface area contributed by atoms with E-state index in [-0.39, 0.29) is 11.3 Å². The quantitative estimate of drug-likeness (QED) is 0.344. The predicted octanol–water partition coefficient (Wildman–Crippen LogP) is 6.22. The van der Waals surface area contributed by atoms with E-state index in [4.69, 9.17) is 11.6 Å². The summed E-state index contributed by atoms with van der Waals surface area (Å²) in [7, 11) is 0. The van der Waals surface area contributed by atoms with Crippen LogP contribution in [0.25, 0.3) is 5.69 Å². The van der Waals surface area contributed by atoms with Crippen molar-refractivity contribution in [2.24, 2.45) is 5.41 Å². The molecule has 0 fully saturated rings. The van der Waals surface area contributed by atoms with Gasteiger partial charge in [0.1, 0.15) is 11.6 Å². The molecule has 0 saturated heterocycles. The highest BCUT2D eigenvalue weighted by molar-refractivity contribution is 6.30. The Hall–Kier alpha value is -2.47. The number of halogens is 1. The van der Waals surface area contributed by atoms with Gasteiger partial charge in [0, 0.05) is 41.9 Å². The number of carbonyl (C=O) groups is 1. The molecule has 172 valence electrons. The molecule has 0 aliphatic rings. The fourth-order valence-corrected chi connectivity index (χ4v) is 4.21. The summed E-state index contributed by atoms with van der Waals surface area (Å²) in [5.41, 5.74) is 1.03. The minimum Gasteiger partial charge on any atom is -0.330 e. The number of rotatable bonds is 11. The Morgan fingerprint density at radius 3 is 2.50 bits per heavy atom. The third-order valence-electron chi connectivity index (χ3n) is 5.46. The Morgan fingerprint density at radius 2 is 1.88 bits per heavy atom. The second kappa shape index (κ2) is 10.9. The van der Waals surface area contributed by atoms with E-state index in [0.29, 0.717) is 30.2 Å². The molecule has 2 aromatic heterocycles.